The molecule has 1 saturated carbocycles. The molecule has 0 bridgehead atoms. The molecule has 0 heterocycles. The molecule has 0 aromatic carbocycles. The second-order valence-corrected chi connectivity index (χ2v) is 14.9. The van der Waals surface area contributed by atoms with Gasteiger partial charge in [-0.1, -0.05) is 26.8 Å². The number of carbonyl (C=O) groups excluding carboxylic acids is 2. The summed E-state index contributed by atoms with van der Waals surface area (Å²) in [7, 11) is -2.00. The molecular formula is C20H38N2O3Si. The van der Waals surface area contributed by atoms with Gasteiger partial charge in [-0.05, 0) is 45.3 Å². The standard InChI is InChI=1S/C20H38N2O3Si/c1-11-15-12-20(21-14(2)23,17(24)22-18(3,4)5)13-16(15)25-26(9,10)19(6,7)8/h11,15-16H,1,12-13H2,2-10H3,(H,21,23)(H,22,24)/t15-,16-,20+/m0/s1. The summed E-state index contributed by atoms with van der Waals surface area (Å²) in [4.78, 5) is 25.0. The van der Waals surface area contributed by atoms with Crippen LogP contribution in [0.4, 0.5) is 0 Å². The summed E-state index contributed by atoms with van der Waals surface area (Å²) in [6.07, 6.45) is 2.73. The van der Waals surface area contributed by atoms with Gasteiger partial charge in [0.1, 0.15) is 5.54 Å². The van der Waals surface area contributed by atoms with Gasteiger partial charge in [0.2, 0.25) is 11.8 Å². The third-order valence-corrected chi connectivity index (χ3v) is 10.0. The normalized spacial score (nSPS) is 27.1. The van der Waals surface area contributed by atoms with Crippen LogP contribution in [0.3, 0.4) is 0 Å². The molecule has 0 aromatic heterocycles. The van der Waals surface area contributed by atoms with Crippen LogP contribution < -0.4 is 10.6 Å². The number of rotatable bonds is 5. The van der Waals surface area contributed by atoms with E-state index in [0.29, 0.717) is 12.8 Å². The zero-order valence-electron chi connectivity index (χ0n) is 18.1. The van der Waals surface area contributed by atoms with Crippen LogP contribution in [-0.2, 0) is 14.0 Å². The molecule has 5 nitrogen and oxygen atoms in total. The fourth-order valence-corrected chi connectivity index (χ4v) is 4.54. The number of amides is 2. The van der Waals surface area contributed by atoms with Crippen molar-refractivity contribution >= 4 is 20.1 Å². The SMILES string of the molecule is C=C[C@H]1C[C@](NC(C)=O)(C(=O)NC(C)(C)C)C[C@@H]1O[Si](C)(C)C(C)(C)C. The predicted octanol–water partition coefficient (Wildman–Crippen LogP) is 3.76. The van der Waals surface area contributed by atoms with Crippen LogP contribution >= 0.6 is 0 Å². The van der Waals surface area contributed by atoms with Gasteiger partial charge in [-0.15, -0.1) is 6.58 Å². The third-order valence-electron chi connectivity index (χ3n) is 5.50. The van der Waals surface area contributed by atoms with Crippen molar-refractivity contribution in [1.29, 1.82) is 0 Å². The van der Waals surface area contributed by atoms with Gasteiger partial charge in [0.15, 0.2) is 8.32 Å². The molecule has 1 aliphatic rings. The fourth-order valence-electron chi connectivity index (χ4n) is 3.17. The minimum Gasteiger partial charge on any atom is -0.413 e. The van der Waals surface area contributed by atoms with Crippen molar-refractivity contribution in [3.05, 3.63) is 12.7 Å². The molecule has 2 amide bonds. The van der Waals surface area contributed by atoms with Crippen molar-refractivity contribution in [2.24, 2.45) is 5.92 Å². The van der Waals surface area contributed by atoms with Gasteiger partial charge in [0.25, 0.3) is 0 Å². The predicted molar refractivity (Wildman–Crippen MR) is 109 cm³/mol. The molecule has 0 radical (unpaired) electrons. The van der Waals surface area contributed by atoms with Gasteiger partial charge in [-0.2, -0.15) is 0 Å². The van der Waals surface area contributed by atoms with Gasteiger partial charge < -0.3 is 15.1 Å². The first kappa shape index (κ1) is 22.9. The first-order valence-corrected chi connectivity index (χ1v) is 12.4. The molecule has 1 fully saturated rings. The van der Waals surface area contributed by atoms with Crippen molar-refractivity contribution in [1.82, 2.24) is 10.6 Å². The number of hydrogen-bond acceptors (Lipinski definition) is 3. The lowest BCUT2D eigenvalue weighted by molar-refractivity contribution is -0.134. The van der Waals surface area contributed by atoms with Crippen molar-refractivity contribution in [2.75, 3.05) is 0 Å². The summed E-state index contributed by atoms with van der Waals surface area (Å²) < 4.78 is 6.62. The highest BCUT2D eigenvalue weighted by atomic mass is 28.4. The minimum atomic E-state index is -2.00. The maximum Gasteiger partial charge on any atom is 0.246 e. The third kappa shape index (κ3) is 5.43. The number of carbonyl (C=O) groups is 2. The summed E-state index contributed by atoms with van der Waals surface area (Å²) >= 11 is 0. The van der Waals surface area contributed by atoms with E-state index >= 15 is 0 Å². The molecule has 0 unspecified atom stereocenters. The molecule has 0 saturated heterocycles. The van der Waals surface area contributed by atoms with Crippen molar-refractivity contribution < 1.29 is 14.0 Å². The van der Waals surface area contributed by atoms with E-state index in [1.807, 2.05) is 26.8 Å². The molecule has 6 heteroatoms. The largest absolute Gasteiger partial charge is 0.413 e. The van der Waals surface area contributed by atoms with Crippen LogP contribution in [0.15, 0.2) is 12.7 Å². The topological polar surface area (TPSA) is 67.4 Å². The van der Waals surface area contributed by atoms with E-state index in [-0.39, 0.29) is 34.4 Å². The molecule has 26 heavy (non-hydrogen) atoms. The highest BCUT2D eigenvalue weighted by Crippen LogP contribution is 2.44. The fraction of sp³-hybridized carbons (Fsp3) is 0.800. The van der Waals surface area contributed by atoms with Gasteiger partial charge in [0.05, 0.1) is 6.10 Å². The molecule has 0 aromatic rings. The Morgan fingerprint density at radius 2 is 1.69 bits per heavy atom. The van der Waals surface area contributed by atoms with Crippen LogP contribution in [0.25, 0.3) is 0 Å². The molecular weight excluding hydrogens is 344 g/mol. The lowest BCUT2D eigenvalue weighted by Gasteiger charge is -2.40. The van der Waals surface area contributed by atoms with Crippen molar-refractivity contribution in [3.8, 4) is 0 Å². The Morgan fingerprint density at radius 3 is 2.08 bits per heavy atom. The van der Waals surface area contributed by atoms with Crippen LogP contribution in [0, 0.1) is 5.92 Å². The molecule has 3 atom stereocenters. The van der Waals surface area contributed by atoms with Crippen LogP contribution in [0.1, 0.15) is 61.3 Å². The van der Waals surface area contributed by atoms with E-state index in [2.05, 4.69) is 51.1 Å². The maximum atomic E-state index is 13.1. The van der Waals surface area contributed by atoms with Gasteiger partial charge in [0, 0.05) is 24.8 Å². The Morgan fingerprint density at radius 1 is 1.15 bits per heavy atom. The second-order valence-electron chi connectivity index (χ2n) is 10.2. The second kappa shape index (κ2) is 7.47. The maximum absolute atomic E-state index is 13.1. The summed E-state index contributed by atoms with van der Waals surface area (Å²) in [5, 5.41) is 6.04. The Hall–Kier alpha value is -1.14. The first-order valence-electron chi connectivity index (χ1n) is 9.45. The molecule has 1 aliphatic carbocycles. The monoisotopic (exact) mass is 382 g/mol. The molecule has 0 aliphatic heterocycles. The van der Waals surface area contributed by atoms with Crippen LogP contribution in [0.5, 0.6) is 0 Å². The highest BCUT2D eigenvalue weighted by molar-refractivity contribution is 6.74. The molecule has 0 spiro atoms. The molecule has 2 N–H and O–H groups in total. The average molecular weight is 383 g/mol. The molecule has 150 valence electrons. The minimum absolute atomic E-state index is 0.0293. The average Bonchev–Trinajstić information content (AvgIpc) is 2.73. The van der Waals surface area contributed by atoms with E-state index in [9.17, 15) is 9.59 Å². The van der Waals surface area contributed by atoms with Gasteiger partial charge in [-0.3, -0.25) is 9.59 Å². The van der Waals surface area contributed by atoms with E-state index in [4.69, 9.17) is 4.43 Å². The van der Waals surface area contributed by atoms with Crippen molar-refractivity contribution in [2.45, 2.75) is 96.6 Å². The Balaban J connectivity index is 3.17. The lowest BCUT2D eigenvalue weighted by Crippen LogP contribution is -2.60. The summed E-state index contributed by atoms with van der Waals surface area (Å²) in [6.45, 7) is 22.2. The molecule has 1 rings (SSSR count). The highest BCUT2D eigenvalue weighted by Gasteiger charge is 2.53. The quantitative estimate of drug-likeness (QED) is 0.562. The summed E-state index contributed by atoms with van der Waals surface area (Å²) in [5.74, 6) is -0.320. The van der Waals surface area contributed by atoms with E-state index in [1.165, 1.54) is 6.92 Å². The van der Waals surface area contributed by atoms with Crippen molar-refractivity contribution in [3.63, 3.8) is 0 Å². The van der Waals surface area contributed by atoms with E-state index < -0.39 is 13.9 Å². The van der Waals surface area contributed by atoms with Gasteiger partial charge in [-0.25, -0.2) is 0 Å². The van der Waals surface area contributed by atoms with E-state index in [0.717, 1.165) is 0 Å². The van der Waals surface area contributed by atoms with Crippen LogP contribution in [0.2, 0.25) is 18.1 Å². The Bertz CT molecular complexity index is 560. The number of nitrogens with one attached hydrogen (secondary N) is 2. The zero-order valence-corrected chi connectivity index (χ0v) is 19.1. The summed E-state index contributed by atoms with van der Waals surface area (Å²) in [5.41, 5.74) is -1.32. The first-order chi connectivity index (χ1) is 11.5. The smallest absolute Gasteiger partial charge is 0.246 e. The lowest BCUT2D eigenvalue weighted by atomic mass is 9.92. The van der Waals surface area contributed by atoms with E-state index in [1.54, 1.807) is 0 Å². The Labute approximate surface area is 160 Å². The number of hydrogen-bond donors (Lipinski definition) is 2. The van der Waals surface area contributed by atoms with Crippen LogP contribution in [-0.4, -0.2) is 37.3 Å². The zero-order chi connectivity index (χ0) is 20.6. The summed E-state index contributed by atoms with van der Waals surface area (Å²) in [6, 6.07) is 0. The Kier molecular flexibility index (Phi) is 6.58. The van der Waals surface area contributed by atoms with Gasteiger partial charge >= 0.3 is 0 Å².